The predicted octanol–water partition coefficient (Wildman–Crippen LogP) is 2.48. The molecule has 35 heavy (non-hydrogen) atoms. The van der Waals surface area contributed by atoms with E-state index in [1.807, 2.05) is 0 Å². The van der Waals surface area contributed by atoms with Crippen molar-refractivity contribution >= 4 is 26.0 Å². The number of hydrogen-bond acceptors (Lipinski definition) is 6. The van der Waals surface area contributed by atoms with Crippen LogP contribution in [0.5, 0.6) is 5.75 Å². The average molecular weight is 524 g/mol. The second-order valence-corrected chi connectivity index (χ2v) is 12.1. The van der Waals surface area contributed by atoms with Crippen LogP contribution in [-0.2, 0) is 26.5 Å². The first-order chi connectivity index (χ1) is 16.6. The summed E-state index contributed by atoms with van der Waals surface area (Å²) in [6.07, 6.45) is 2.26. The molecule has 1 fully saturated rings. The zero-order valence-corrected chi connectivity index (χ0v) is 22.0. The van der Waals surface area contributed by atoms with Gasteiger partial charge in [-0.15, -0.1) is 0 Å². The monoisotopic (exact) mass is 523 g/mol. The van der Waals surface area contributed by atoms with Crippen molar-refractivity contribution in [2.24, 2.45) is 0 Å². The molecule has 2 aromatic rings. The van der Waals surface area contributed by atoms with Crippen LogP contribution < -0.4 is 10.1 Å². The average Bonchev–Trinajstić information content (AvgIpc) is 3.40. The molecule has 2 aromatic carbocycles. The number of nitrogens with one attached hydrogen (secondary N) is 1. The maximum atomic E-state index is 13.0. The van der Waals surface area contributed by atoms with Gasteiger partial charge >= 0.3 is 0 Å². The van der Waals surface area contributed by atoms with Crippen LogP contribution in [0.25, 0.3) is 0 Å². The molecule has 0 aliphatic carbocycles. The van der Waals surface area contributed by atoms with Crippen molar-refractivity contribution in [2.75, 3.05) is 39.8 Å². The molecule has 0 spiro atoms. The van der Waals surface area contributed by atoms with E-state index in [1.54, 1.807) is 38.1 Å². The third-order valence-electron chi connectivity index (χ3n) is 6.07. The van der Waals surface area contributed by atoms with Crippen LogP contribution >= 0.6 is 0 Å². The van der Waals surface area contributed by atoms with Gasteiger partial charge in [-0.05, 0) is 55.2 Å². The summed E-state index contributed by atoms with van der Waals surface area (Å²) < 4.78 is 59.3. The smallest absolute Gasteiger partial charge is 0.251 e. The van der Waals surface area contributed by atoms with Gasteiger partial charge in [0.1, 0.15) is 10.6 Å². The Morgan fingerprint density at radius 2 is 1.63 bits per heavy atom. The molecule has 1 N–H and O–H groups in total. The zero-order chi connectivity index (χ0) is 25.6. The second kappa shape index (κ2) is 11.5. The molecule has 0 aromatic heterocycles. The van der Waals surface area contributed by atoms with Crippen LogP contribution in [0.1, 0.15) is 42.6 Å². The summed E-state index contributed by atoms with van der Waals surface area (Å²) in [5, 5.41) is 2.80. The Hall–Kier alpha value is -2.47. The molecule has 9 nitrogen and oxygen atoms in total. The molecule has 1 saturated heterocycles. The van der Waals surface area contributed by atoms with Gasteiger partial charge in [-0.25, -0.2) is 16.8 Å². The van der Waals surface area contributed by atoms with Crippen molar-refractivity contribution in [3.63, 3.8) is 0 Å². The molecule has 3 rings (SSSR count). The minimum absolute atomic E-state index is 0.0499. The lowest BCUT2D eigenvalue weighted by Crippen LogP contribution is -2.31. The number of carbonyl (C=O) groups is 1. The Bertz CT molecular complexity index is 1230. The minimum atomic E-state index is -3.81. The molecule has 1 aliphatic heterocycles. The van der Waals surface area contributed by atoms with Crippen molar-refractivity contribution < 1.29 is 26.4 Å². The van der Waals surface area contributed by atoms with E-state index in [2.05, 4.69) is 5.32 Å². The van der Waals surface area contributed by atoms with Crippen LogP contribution in [0.2, 0.25) is 0 Å². The number of sulfonamides is 2. The molecule has 192 valence electrons. The standard InChI is InChI=1S/C24H33N3O6S2/c1-4-26(5-2)35(31,32)23-18-20(10-13-22(23)33-3)24(28)25-15-14-19-8-11-21(12-9-19)34(29,30)27-16-6-7-17-27/h8-13,18H,4-7,14-17H2,1-3H3,(H,25,28). The number of hydrogen-bond donors (Lipinski definition) is 1. The van der Waals surface area contributed by atoms with E-state index in [-0.39, 0.29) is 21.1 Å². The first kappa shape index (κ1) is 27.1. The normalized spacial score (nSPS) is 14.9. The largest absolute Gasteiger partial charge is 0.495 e. The maximum absolute atomic E-state index is 13.0. The van der Waals surface area contributed by atoms with Crippen molar-refractivity contribution in [3.05, 3.63) is 53.6 Å². The molecule has 1 aliphatic rings. The summed E-state index contributed by atoms with van der Waals surface area (Å²) in [6, 6.07) is 11.0. The van der Waals surface area contributed by atoms with Crippen molar-refractivity contribution in [2.45, 2.75) is 42.9 Å². The molecule has 1 amide bonds. The SMILES string of the molecule is CCN(CC)S(=O)(=O)c1cc(C(=O)NCCc2ccc(S(=O)(=O)N3CCCC3)cc2)ccc1OC. The van der Waals surface area contributed by atoms with E-state index in [4.69, 9.17) is 4.74 Å². The van der Waals surface area contributed by atoms with Gasteiger partial charge in [0, 0.05) is 38.3 Å². The Balaban J connectivity index is 1.66. The van der Waals surface area contributed by atoms with Gasteiger partial charge in [-0.1, -0.05) is 26.0 Å². The molecule has 11 heteroatoms. The summed E-state index contributed by atoms with van der Waals surface area (Å²) in [5.41, 5.74) is 1.09. The van der Waals surface area contributed by atoms with E-state index >= 15 is 0 Å². The summed E-state index contributed by atoms with van der Waals surface area (Å²) in [5.74, 6) is -0.227. The summed E-state index contributed by atoms with van der Waals surface area (Å²) >= 11 is 0. The van der Waals surface area contributed by atoms with Gasteiger partial charge in [0.2, 0.25) is 20.0 Å². The molecule has 1 heterocycles. The van der Waals surface area contributed by atoms with Crippen molar-refractivity contribution in [1.82, 2.24) is 13.9 Å². The van der Waals surface area contributed by atoms with E-state index in [0.29, 0.717) is 39.1 Å². The Kier molecular flexibility index (Phi) is 8.92. The fourth-order valence-electron chi connectivity index (χ4n) is 4.05. The molecule has 0 atom stereocenters. The highest BCUT2D eigenvalue weighted by molar-refractivity contribution is 7.89. The van der Waals surface area contributed by atoms with Gasteiger partial charge in [0.15, 0.2) is 0 Å². The topological polar surface area (TPSA) is 113 Å². The minimum Gasteiger partial charge on any atom is -0.495 e. The van der Waals surface area contributed by atoms with Gasteiger partial charge in [0.25, 0.3) is 5.91 Å². The summed E-state index contributed by atoms with van der Waals surface area (Å²) in [4.78, 5) is 12.9. The van der Waals surface area contributed by atoms with Crippen LogP contribution in [-0.4, -0.2) is 71.2 Å². The molecular weight excluding hydrogens is 490 g/mol. The molecule has 0 saturated carbocycles. The summed E-state index contributed by atoms with van der Waals surface area (Å²) in [6.45, 7) is 5.52. The number of rotatable bonds is 11. The van der Waals surface area contributed by atoms with Crippen LogP contribution in [0.4, 0.5) is 0 Å². The lowest BCUT2D eigenvalue weighted by atomic mass is 10.1. The van der Waals surface area contributed by atoms with E-state index < -0.39 is 26.0 Å². The van der Waals surface area contributed by atoms with Gasteiger partial charge in [-0.2, -0.15) is 8.61 Å². The van der Waals surface area contributed by atoms with Gasteiger partial charge in [-0.3, -0.25) is 4.79 Å². The summed E-state index contributed by atoms with van der Waals surface area (Å²) in [7, 11) is -5.88. The third-order valence-corrected chi connectivity index (χ3v) is 10.1. The van der Waals surface area contributed by atoms with Crippen LogP contribution in [0.3, 0.4) is 0 Å². The third kappa shape index (κ3) is 6.03. The lowest BCUT2D eigenvalue weighted by molar-refractivity contribution is 0.0954. The van der Waals surface area contributed by atoms with Gasteiger partial charge < -0.3 is 10.1 Å². The van der Waals surface area contributed by atoms with E-state index in [9.17, 15) is 21.6 Å². The number of amides is 1. The zero-order valence-electron chi connectivity index (χ0n) is 20.4. The van der Waals surface area contributed by atoms with E-state index in [1.165, 1.54) is 33.9 Å². The highest BCUT2D eigenvalue weighted by Crippen LogP contribution is 2.28. The number of benzene rings is 2. The van der Waals surface area contributed by atoms with Crippen molar-refractivity contribution in [1.29, 1.82) is 0 Å². The number of ether oxygens (including phenoxy) is 1. The molecule has 0 unspecified atom stereocenters. The fraction of sp³-hybridized carbons (Fsp3) is 0.458. The van der Waals surface area contributed by atoms with E-state index in [0.717, 1.165) is 18.4 Å². The molecule has 0 bridgehead atoms. The molecular formula is C24H33N3O6S2. The Morgan fingerprint density at radius 1 is 1.00 bits per heavy atom. The number of methoxy groups -OCH3 is 1. The fourth-order valence-corrected chi connectivity index (χ4v) is 7.21. The van der Waals surface area contributed by atoms with Crippen LogP contribution in [0.15, 0.2) is 52.3 Å². The predicted molar refractivity (Wildman–Crippen MR) is 134 cm³/mol. The quantitative estimate of drug-likeness (QED) is 0.484. The molecule has 0 radical (unpaired) electrons. The maximum Gasteiger partial charge on any atom is 0.251 e. The number of carbonyl (C=O) groups excluding carboxylic acids is 1. The second-order valence-electron chi connectivity index (χ2n) is 8.22. The lowest BCUT2D eigenvalue weighted by Gasteiger charge is -2.20. The Morgan fingerprint density at radius 3 is 2.20 bits per heavy atom. The first-order valence-corrected chi connectivity index (χ1v) is 14.6. The Labute approximate surface area is 208 Å². The number of nitrogens with zero attached hydrogens (tertiary/aromatic N) is 2. The van der Waals surface area contributed by atoms with Crippen LogP contribution in [0, 0.1) is 0 Å². The first-order valence-electron chi connectivity index (χ1n) is 11.7. The highest BCUT2D eigenvalue weighted by Gasteiger charge is 2.28. The van der Waals surface area contributed by atoms with Gasteiger partial charge in [0.05, 0.1) is 12.0 Å². The van der Waals surface area contributed by atoms with Crippen molar-refractivity contribution in [3.8, 4) is 5.75 Å². The highest BCUT2D eigenvalue weighted by atomic mass is 32.2.